The lowest BCUT2D eigenvalue weighted by Crippen LogP contribution is -2.48. The molecule has 0 aromatic heterocycles. The van der Waals surface area contributed by atoms with Gasteiger partial charge in [0, 0.05) is 19.1 Å². The van der Waals surface area contributed by atoms with Gasteiger partial charge in [0.05, 0.1) is 12.2 Å². The summed E-state index contributed by atoms with van der Waals surface area (Å²) in [4.78, 5) is 2.54. The highest BCUT2D eigenvalue weighted by Crippen LogP contribution is 2.36. The smallest absolute Gasteiger partial charge is 0.0785 e. The molecular formula is C10H19NO. The number of piperidine rings is 1. The molecule has 2 fully saturated rings. The first kappa shape index (κ1) is 8.52. The van der Waals surface area contributed by atoms with Gasteiger partial charge in [0.15, 0.2) is 0 Å². The van der Waals surface area contributed by atoms with E-state index in [-0.39, 0.29) is 5.60 Å². The Labute approximate surface area is 74.9 Å². The van der Waals surface area contributed by atoms with Crippen LogP contribution in [0.25, 0.3) is 0 Å². The Morgan fingerprint density at radius 1 is 1.50 bits per heavy atom. The average Bonchev–Trinajstić information content (AvgIpc) is 2.25. The quantitative estimate of drug-likeness (QED) is 0.590. The van der Waals surface area contributed by atoms with Crippen molar-refractivity contribution in [1.82, 2.24) is 4.90 Å². The van der Waals surface area contributed by atoms with Gasteiger partial charge < -0.3 is 4.74 Å². The Bertz CT molecular complexity index is 181. The molecule has 0 aromatic rings. The van der Waals surface area contributed by atoms with Crippen LogP contribution >= 0.6 is 0 Å². The van der Waals surface area contributed by atoms with Gasteiger partial charge in [0.25, 0.3) is 0 Å². The zero-order chi connectivity index (χ0) is 8.77. The summed E-state index contributed by atoms with van der Waals surface area (Å²) in [5.74, 6) is 0.797. The summed E-state index contributed by atoms with van der Waals surface area (Å²) in [6, 6.07) is 0.675. The molecule has 2 saturated heterocycles. The Hall–Kier alpha value is -0.0800. The predicted molar refractivity (Wildman–Crippen MR) is 49.2 cm³/mol. The van der Waals surface area contributed by atoms with Gasteiger partial charge in [-0.1, -0.05) is 0 Å². The van der Waals surface area contributed by atoms with Crippen LogP contribution in [0.3, 0.4) is 0 Å². The zero-order valence-corrected chi connectivity index (χ0v) is 8.34. The van der Waals surface area contributed by atoms with Crippen LogP contribution < -0.4 is 0 Å². The second-order valence-electron chi connectivity index (χ2n) is 4.85. The van der Waals surface area contributed by atoms with E-state index in [0.29, 0.717) is 6.04 Å². The van der Waals surface area contributed by atoms with Crippen LogP contribution in [0.1, 0.15) is 27.2 Å². The molecule has 0 aliphatic carbocycles. The Balaban J connectivity index is 2.06. The normalized spacial score (nSPS) is 42.5. The van der Waals surface area contributed by atoms with Gasteiger partial charge >= 0.3 is 0 Å². The molecule has 0 N–H and O–H groups in total. The monoisotopic (exact) mass is 169 g/mol. The van der Waals surface area contributed by atoms with Gasteiger partial charge in [-0.05, 0) is 33.1 Å². The SMILES string of the molecule is CC(C)N1C[C@@H]2COC(C)(C2)C1. The number of rotatable bonds is 1. The average molecular weight is 169 g/mol. The maximum Gasteiger partial charge on any atom is 0.0785 e. The second kappa shape index (κ2) is 2.71. The van der Waals surface area contributed by atoms with Crippen molar-refractivity contribution in [3.8, 4) is 0 Å². The molecule has 1 unspecified atom stereocenters. The molecule has 2 aliphatic rings. The molecule has 0 amide bonds. The van der Waals surface area contributed by atoms with Crippen molar-refractivity contribution in [2.75, 3.05) is 19.7 Å². The van der Waals surface area contributed by atoms with Crippen molar-refractivity contribution in [2.24, 2.45) is 5.92 Å². The van der Waals surface area contributed by atoms with Crippen molar-refractivity contribution < 1.29 is 4.74 Å². The van der Waals surface area contributed by atoms with Gasteiger partial charge in [-0.25, -0.2) is 0 Å². The van der Waals surface area contributed by atoms with Gasteiger partial charge in [0.1, 0.15) is 0 Å². The Morgan fingerprint density at radius 2 is 2.25 bits per heavy atom. The summed E-state index contributed by atoms with van der Waals surface area (Å²) in [5, 5.41) is 0. The van der Waals surface area contributed by atoms with E-state index in [4.69, 9.17) is 4.74 Å². The second-order valence-corrected chi connectivity index (χ2v) is 4.85. The lowest BCUT2D eigenvalue weighted by molar-refractivity contribution is -0.0113. The molecular weight excluding hydrogens is 150 g/mol. The summed E-state index contributed by atoms with van der Waals surface area (Å²) in [6.45, 7) is 10.2. The van der Waals surface area contributed by atoms with Crippen LogP contribution in [-0.4, -0.2) is 36.2 Å². The summed E-state index contributed by atoms with van der Waals surface area (Å²) in [5.41, 5.74) is 0.174. The molecule has 0 radical (unpaired) electrons. The van der Waals surface area contributed by atoms with Crippen LogP contribution in [0.15, 0.2) is 0 Å². The molecule has 0 spiro atoms. The van der Waals surface area contributed by atoms with Crippen molar-refractivity contribution in [3.05, 3.63) is 0 Å². The third kappa shape index (κ3) is 1.38. The minimum absolute atomic E-state index is 0.174. The van der Waals surface area contributed by atoms with E-state index in [9.17, 15) is 0 Å². The molecule has 0 saturated carbocycles. The first-order valence-electron chi connectivity index (χ1n) is 4.97. The molecule has 2 heteroatoms. The maximum atomic E-state index is 5.80. The molecule has 2 bridgehead atoms. The number of likely N-dealkylation sites (tertiary alicyclic amines) is 1. The van der Waals surface area contributed by atoms with Crippen molar-refractivity contribution in [2.45, 2.75) is 38.8 Å². The summed E-state index contributed by atoms with van der Waals surface area (Å²) in [6.07, 6.45) is 1.27. The minimum Gasteiger partial charge on any atom is -0.374 e. The summed E-state index contributed by atoms with van der Waals surface area (Å²) >= 11 is 0. The zero-order valence-electron chi connectivity index (χ0n) is 8.34. The summed E-state index contributed by atoms with van der Waals surface area (Å²) < 4.78 is 5.80. The van der Waals surface area contributed by atoms with Crippen LogP contribution in [0.5, 0.6) is 0 Å². The van der Waals surface area contributed by atoms with Crippen molar-refractivity contribution in [3.63, 3.8) is 0 Å². The maximum absolute atomic E-state index is 5.80. The van der Waals surface area contributed by atoms with Crippen LogP contribution in [0, 0.1) is 5.92 Å². The highest BCUT2D eigenvalue weighted by molar-refractivity contribution is 4.94. The van der Waals surface area contributed by atoms with E-state index in [0.717, 1.165) is 19.1 Å². The molecule has 2 aliphatic heterocycles. The number of hydrogen-bond acceptors (Lipinski definition) is 2. The van der Waals surface area contributed by atoms with Gasteiger partial charge in [-0.2, -0.15) is 0 Å². The topological polar surface area (TPSA) is 12.5 Å². The minimum atomic E-state index is 0.174. The highest BCUT2D eigenvalue weighted by Gasteiger charge is 2.43. The number of nitrogens with zero attached hydrogens (tertiary/aromatic N) is 1. The molecule has 2 heterocycles. The fourth-order valence-corrected chi connectivity index (χ4v) is 2.49. The molecule has 2 atom stereocenters. The van der Waals surface area contributed by atoms with Gasteiger partial charge in [-0.15, -0.1) is 0 Å². The predicted octanol–water partition coefficient (Wildman–Crippen LogP) is 1.51. The first-order chi connectivity index (χ1) is 5.59. The van der Waals surface area contributed by atoms with E-state index >= 15 is 0 Å². The van der Waals surface area contributed by atoms with E-state index in [1.54, 1.807) is 0 Å². The summed E-state index contributed by atoms with van der Waals surface area (Å²) in [7, 11) is 0. The molecule has 0 aromatic carbocycles. The van der Waals surface area contributed by atoms with Crippen molar-refractivity contribution in [1.29, 1.82) is 0 Å². The number of ether oxygens (including phenoxy) is 1. The van der Waals surface area contributed by atoms with Crippen LogP contribution in [-0.2, 0) is 4.74 Å². The molecule has 2 rings (SSSR count). The van der Waals surface area contributed by atoms with Crippen LogP contribution in [0.4, 0.5) is 0 Å². The Kier molecular flexibility index (Phi) is 1.92. The van der Waals surface area contributed by atoms with E-state index in [2.05, 4.69) is 25.7 Å². The van der Waals surface area contributed by atoms with Crippen LogP contribution in [0.2, 0.25) is 0 Å². The van der Waals surface area contributed by atoms with Gasteiger partial charge in [0.2, 0.25) is 0 Å². The first-order valence-corrected chi connectivity index (χ1v) is 4.97. The number of hydrogen-bond donors (Lipinski definition) is 0. The van der Waals surface area contributed by atoms with E-state index in [1.807, 2.05) is 0 Å². The Morgan fingerprint density at radius 3 is 2.83 bits per heavy atom. The van der Waals surface area contributed by atoms with Crippen molar-refractivity contribution >= 4 is 0 Å². The highest BCUT2D eigenvalue weighted by atomic mass is 16.5. The lowest BCUT2D eigenvalue weighted by atomic mass is 9.90. The van der Waals surface area contributed by atoms with E-state index in [1.165, 1.54) is 13.0 Å². The molecule has 70 valence electrons. The third-order valence-corrected chi connectivity index (χ3v) is 3.15. The third-order valence-electron chi connectivity index (χ3n) is 3.15. The van der Waals surface area contributed by atoms with E-state index < -0.39 is 0 Å². The fourth-order valence-electron chi connectivity index (χ4n) is 2.49. The standard InChI is InChI=1S/C10H19NO/c1-8(2)11-5-9-4-10(3,7-11)12-6-9/h8-9H,4-7H2,1-3H3/t9-,10?/m1/s1. The fraction of sp³-hybridized carbons (Fsp3) is 1.00. The van der Waals surface area contributed by atoms with Gasteiger partial charge in [-0.3, -0.25) is 4.90 Å². The molecule has 2 nitrogen and oxygen atoms in total. The molecule has 12 heavy (non-hydrogen) atoms. The number of fused-ring (bicyclic) bond motifs is 2. The largest absolute Gasteiger partial charge is 0.374 e. The lowest BCUT2D eigenvalue weighted by Gasteiger charge is -2.38.